The minimum Gasteiger partial charge on any atom is -0.481 e. The Kier molecular flexibility index (Phi) is 2.35. The SMILES string of the molecule is O=C(O)C[C@@H]1CCN1c1ccccn1. The molecule has 0 aliphatic carbocycles. The molecule has 0 aromatic carbocycles. The lowest BCUT2D eigenvalue weighted by molar-refractivity contribution is -0.137. The molecule has 4 heteroatoms. The van der Waals surface area contributed by atoms with Crippen LogP contribution in [-0.4, -0.2) is 28.6 Å². The molecular weight excluding hydrogens is 180 g/mol. The van der Waals surface area contributed by atoms with Gasteiger partial charge in [-0.1, -0.05) is 6.07 Å². The fourth-order valence-corrected chi connectivity index (χ4v) is 1.68. The summed E-state index contributed by atoms with van der Waals surface area (Å²) >= 11 is 0. The summed E-state index contributed by atoms with van der Waals surface area (Å²) in [6, 6.07) is 5.81. The Morgan fingerprint density at radius 1 is 1.64 bits per heavy atom. The molecule has 1 saturated heterocycles. The molecule has 1 atom stereocenters. The van der Waals surface area contributed by atoms with Gasteiger partial charge < -0.3 is 10.0 Å². The number of carboxylic acid groups (broad SMARTS) is 1. The van der Waals surface area contributed by atoms with Gasteiger partial charge in [-0.15, -0.1) is 0 Å². The maximum absolute atomic E-state index is 10.5. The normalized spacial score (nSPS) is 20.3. The van der Waals surface area contributed by atoms with Gasteiger partial charge >= 0.3 is 5.97 Å². The first-order valence-corrected chi connectivity index (χ1v) is 4.67. The highest BCUT2D eigenvalue weighted by Gasteiger charge is 2.30. The molecular formula is C10H12N2O2. The Balaban J connectivity index is 2.03. The van der Waals surface area contributed by atoms with Crippen molar-refractivity contribution in [1.29, 1.82) is 0 Å². The summed E-state index contributed by atoms with van der Waals surface area (Å²) in [5.74, 6) is 0.139. The Bertz CT molecular complexity index is 326. The highest BCUT2D eigenvalue weighted by Crippen LogP contribution is 2.26. The molecule has 1 fully saturated rings. The van der Waals surface area contributed by atoms with Gasteiger partial charge in [0.05, 0.1) is 6.42 Å². The largest absolute Gasteiger partial charge is 0.481 e. The number of hydrogen-bond acceptors (Lipinski definition) is 3. The summed E-state index contributed by atoms with van der Waals surface area (Å²) in [5.41, 5.74) is 0. The van der Waals surface area contributed by atoms with Gasteiger partial charge in [-0.25, -0.2) is 4.98 Å². The first kappa shape index (κ1) is 8.99. The van der Waals surface area contributed by atoms with Crippen LogP contribution in [0.2, 0.25) is 0 Å². The molecule has 2 rings (SSSR count). The molecule has 1 aliphatic heterocycles. The second kappa shape index (κ2) is 3.65. The first-order chi connectivity index (χ1) is 6.77. The lowest BCUT2D eigenvalue weighted by atomic mass is 10.00. The quantitative estimate of drug-likeness (QED) is 0.780. The maximum Gasteiger partial charge on any atom is 0.305 e. The molecule has 0 amide bonds. The molecule has 74 valence electrons. The van der Waals surface area contributed by atoms with E-state index >= 15 is 0 Å². The van der Waals surface area contributed by atoms with E-state index in [-0.39, 0.29) is 12.5 Å². The minimum atomic E-state index is -0.740. The van der Waals surface area contributed by atoms with Crippen molar-refractivity contribution in [2.75, 3.05) is 11.4 Å². The van der Waals surface area contributed by atoms with Gasteiger partial charge in [-0.3, -0.25) is 4.79 Å². The van der Waals surface area contributed by atoms with Crippen molar-refractivity contribution in [3.63, 3.8) is 0 Å². The van der Waals surface area contributed by atoms with Crippen molar-refractivity contribution in [2.24, 2.45) is 0 Å². The Labute approximate surface area is 82.2 Å². The lowest BCUT2D eigenvalue weighted by Gasteiger charge is -2.41. The van der Waals surface area contributed by atoms with Gasteiger partial charge in [0.25, 0.3) is 0 Å². The van der Waals surface area contributed by atoms with E-state index in [0.717, 1.165) is 18.8 Å². The van der Waals surface area contributed by atoms with Crippen LogP contribution in [0, 0.1) is 0 Å². The van der Waals surface area contributed by atoms with Crippen LogP contribution in [0.1, 0.15) is 12.8 Å². The van der Waals surface area contributed by atoms with Crippen molar-refractivity contribution in [3.05, 3.63) is 24.4 Å². The molecule has 1 N–H and O–H groups in total. The summed E-state index contributed by atoms with van der Waals surface area (Å²) < 4.78 is 0. The maximum atomic E-state index is 10.5. The smallest absolute Gasteiger partial charge is 0.305 e. The van der Waals surface area contributed by atoms with Gasteiger partial charge in [0.2, 0.25) is 0 Å². The number of anilines is 1. The van der Waals surface area contributed by atoms with E-state index in [2.05, 4.69) is 4.98 Å². The fraction of sp³-hybridized carbons (Fsp3) is 0.400. The summed E-state index contributed by atoms with van der Waals surface area (Å²) in [7, 11) is 0. The van der Waals surface area contributed by atoms with Crippen molar-refractivity contribution in [3.8, 4) is 0 Å². The molecule has 2 heterocycles. The zero-order valence-corrected chi connectivity index (χ0v) is 7.76. The second-order valence-electron chi connectivity index (χ2n) is 3.42. The molecule has 0 unspecified atom stereocenters. The fourth-order valence-electron chi connectivity index (χ4n) is 1.68. The number of carbonyl (C=O) groups is 1. The van der Waals surface area contributed by atoms with E-state index in [4.69, 9.17) is 5.11 Å². The summed E-state index contributed by atoms with van der Waals surface area (Å²) in [5, 5.41) is 8.67. The molecule has 1 aliphatic rings. The molecule has 4 nitrogen and oxygen atoms in total. The van der Waals surface area contributed by atoms with Crippen LogP contribution in [0.3, 0.4) is 0 Å². The molecule has 0 saturated carbocycles. The first-order valence-electron chi connectivity index (χ1n) is 4.67. The monoisotopic (exact) mass is 192 g/mol. The number of aromatic nitrogens is 1. The van der Waals surface area contributed by atoms with Crippen LogP contribution < -0.4 is 4.90 Å². The van der Waals surface area contributed by atoms with E-state index in [0.29, 0.717) is 0 Å². The van der Waals surface area contributed by atoms with E-state index in [1.807, 2.05) is 23.1 Å². The predicted octanol–water partition coefficient (Wildman–Crippen LogP) is 1.14. The van der Waals surface area contributed by atoms with Crippen molar-refractivity contribution >= 4 is 11.8 Å². The molecule has 1 aromatic heterocycles. The standard InChI is InChI=1S/C10H12N2O2/c13-10(14)7-8-4-6-12(8)9-3-1-2-5-11-9/h1-3,5,8H,4,6-7H2,(H,13,14)/t8-/m0/s1. The summed E-state index contributed by atoms with van der Waals surface area (Å²) in [6.45, 7) is 0.912. The van der Waals surface area contributed by atoms with Crippen molar-refractivity contribution in [1.82, 2.24) is 4.98 Å². The van der Waals surface area contributed by atoms with Crippen LogP contribution >= 0.6 is 0 Å². The van der Waals surface area contributed by atoms with Crippen LogP contribution in [-0.2, 0) is 4.79 Å². The van der Waals surface area contributed by atoms with Crippen molar-refractivity contribution < 1.29 is 9.90 Å². The minimum absolute atomic E-state index is 0.127. The van der Waals surface area contributed by atoms with E-state index < -0.39 is 5.97 Å². The van der Waals surface area contributed by atoms with Crippen LogP contribution in [0.5, 0.6) is 0 Å². The van der Waals surface area contributed by atoms with Crippen LogP contribution in [0.15, 0.2) is 24.4 Å². The average Bonchev–Trinajstić information content (AvgIpc) is 2.14. The average molecular weight is 192 g/mol. The van der Waals surface area contributed by atoms with Crippen molar-refractivity contribution in [2.45, 2.75) is 18.9 Å². The van der Waals surface area contributed by atoms with Gasteiger partial charge in [0.15, 0.2) is 0 Å². The van der Waals surface area contributed by atoms with E-state index in [9.17, 15) is 4.79 Å². The lowest BCUT2D eigenvalue weighted by Crippen LogP contribution is -2.49. The number of rotatable bonds is 3. The van der Waals surface area contributed by atoms with Crippen LogP contribution in [0.4, 0.5) is 5.82 Å². The molecule has 14 heavy (non-hydrogen) atoms. The topological polar surface area (TPSA) is 53.4 Å². The Morgan fingerprint density at radius 2 is 2.50 bits per heavy atom. The zero-order valence-electron chi connectivity index (χ0n) is 7.76. The van der Waals surface area contributed by atoms with Gasteiger partial charge in [-0.2, -0.15) is 0 Å². The number of carboxylic acids is 1. The van der Waals surface area contributed by atoms with Gasteiger partial charge in [0, 0.05) is 18.8 Å². The van der Waals surface area contributed by atoms with Gasteiger partial charge in [0.1, 0.15) is 5.82 Å². The number of aliphatic carboxylic acids is 1. The highest BCUT2D eigenvalue weighted by molar-refractivity contribution is 5.69. The van der Waals surface area contributed by atoms with Crippen LogP contribution in [0.25, 0.3) is 0 Å². The summed E-state index contributed by atoms with van der Waals surface area (Å²) in [4.78, 5) is 16.8. The molecule has 1 aromatic rings. The van der Waals surface area contributed by atoms with E-state index in [1.165, 1.54) is 0 Å². The van der Waals surface area contributed by atoms with E-state index in [1.54, 1.807) is 6.20 Å². The molecule has 0 radical (unpaired) electrons. The second-order valence-corrected chi connectivity index (χ2v) is 3.42. The predicted molar refractivity (Wildman–Crippen MR) is 52.2 cm³/mol. The zero-order chi connectivity index (χ0) is 9.97. The summed E-state index contributed by atoms with van der Waals surface area (Å²) in [6.07, 6.45) is 2.88. The number of hydrogen-bond donors (Lipinski definition) is 1. The third kappa shape index (κ3) is 1.69. The molecule has 0 bridgehead atoms. The number of pyridine rings is 1. The Hall–Kier alpha value is -1.58. The van der Waals surface area contributed by atoms with Gasteiger partial charge in [-0.05, 0) is 18.6 Å². The number of nitrogens with zero attached hydrogens (tertiary/aromatic N) is 2. The third-order valence-corrected chi connectivity index (χ3v) is 2.50. The third-order valence-electron chi connectivity index (χ3n) is 2.50. The molecule has 0 spiro atoms. The highest BCUT2D eigenvalue weighted by atomic mass is 16.4. The Morgan fingerprint density at radius 3 is 3.00 bits per heavy atom.